The maximum atomic E-state index is 4.28. The maximum Gasteiger partial charge on any atom is 0.137 e. The maximum absolute atomic E-state index is 4.28. The number of aromatic nitrogens is 4. The van der Waals surface area contributed by atoms with Crippen LogP contribution in [0, 0.1) is 0 Å². The van der Waals surface area contributed by atoms with Gasteiger partial charge in [-0.15, -0.1) is 0 Å². The van der Waals surface area contributed by atoms with Crippen LogP contribution in [0.2, 0.25) is 0 Å². The van der Waals surface area contributed by atoms with E-state index in [0.717, 1.165) is 35.4 Å². The minimum Gasteiger partial charge on any atom is -0.369 e. The second-order valence-corrected chi connectivity index (χ2v) is 3.99. The van der Waals surface area contributed by atoms with E-state index in [0.29, 0.717) is 0 Å². The third-order valence-electron chi connectivity index (χ3n) is 2.78. The number of nitrogens with zero attached hydrogens (tertiary/aromatic N) is 3. The van der Waals surface area contributed by atoms with Crippen LogP contribution in [-0.4, -0.2) is 26.5 Å². The van der Waals surface area contributed by atoms with Crippen LogP contribution in [0.4, 0.5) is 5.82 Å². The van der Waals surface area contributed by atoms with Gasteiger partial charge in [-0.25, -0.2) is 15.0 Å². The Kier molecular flexibility index (Phi) is 2.87. The molecule has 90 valence electrons. The summed E-state index contributed by atoms with van der Waals surface area (Å²) in [6.07, 6.45) is 5.99. The number of fused-ring (bicyclic) bond motifs is 1. The average molecular weight is 239 g/mol. The van der Waals surface area contributed by atoms with E-state index in [1.807, 2.05) is 30.5 Å². The molecule has 0 saturated carbocycles. The minimum atomic E-state index is 0.809. The number of aromatic amines is 1. The fourth-order valence-corrected chi connectivity index (χ4v) is 1.88. The molecular weight excluding hydrogens is 226 g/mol. The van der Waals surface area contributed by atoms with Gasteiger partial charge < -0.3 is 10.3 Å². The van der Waals surface area contributed by atoms with Crippen LogP contribution in [0.25, 0.3) is 10.9 Å². The van der Waals surface area contributed by atoms with Crippen molar-refractivity contribution in [1.82, 2.24) is 19.9 Å². The van der Waals surface area contributed by atoms with Crippen LogP contribution in [-0.2, 0) is 6.42 Å². The van der Waals surface area contributed by atoms with Gasteiger partial charge in [0.15, 0.2) is 0 Å². The van der Waals surface area contributed by atoms with Gasteiger partial charge in [-0.1, -0.05) is 12.1 Å². The van der Waals surface area contributed by atoms with Crippen molar-refractivity contribution in [2.45, 2.75) is 6.42 Å². The highest BCUT2D eigenvalue weighted by Crippen LogP contribution is 2.17. The Morgan fingerprint density at radius 3 is 3.00 bits per heavy atom. The Morgan fingerprint density at radius 1 is 1.17 bits per heavy atom. The van der Waals surface area contributed by atoms with Crippen LogP contribution in [0.1, 0.15) is 5.69 Å². The topological polar surface area (TPSA) is 66.5 Å². The highest BCUT2D eigenvalue weighted by Gasteiger charge is 2.02. The molecule has 2 aromatic heterocycles. The fourth-order valence-electron chi connectivity index (χ4n) is 1.88. The quantitative estimate of drug-likeness (QED) is 0.731. The molecule has 5 heteroatoms. The number of hydrogen-bond acceptors (Lipinski definition) is 4. The van der Waals surface area contributed by atoms with E-state index in [4.69, 9.17) is 0 Å². The molecule has 1 aromatic carbocycles. The lowest BCUT2D eigenvalue weighted by molar-refractivity contribution is 0.968. The highest BCUT2D eigenvalue weighted by molar-refractivity contribution is 5.88. The van der Waals surface area contributed by atoms with Crippen molar-refractivity contribution in [3.63, 3.8) is 0 Å². The van der Waals surface area contributed by atoms with Crippen LogP contribution in [0.3, 0.4) is 0 Å². The average Bonchev–Trinajstić information content (AvgIpc) is 2.92. The summed E-state index contributed by atoms with van der Waals surface area (Å²) in [5.41, 5.74) is 2.07. The molecule has 0 spiro atoms. The summed E-state index contributed by atoms with van der Waals surface area (Å²) in [5.74, 6) is 0.875. The lowest BCUT2D eigenvalue weighted by Crippen LogP contribution is -2.07. The van der Waals surface area contributed by atoms with E-state index in [1.54, 1.807) is 12.7 Å². The summed E-state index contributed by atoms with van der Waals surface area (Å²) in [4.78, 5) is 15.6. The first kappa shape index (κ1) is 10.7. The Morgan fingerprint density at radius 2 is 2.11 bits per heavy atom. The SMILES string of the molecule is c1ccc2c(NCCc3cnc[nH]3)ncnc2c1. The molecule has 0 radical (unpaired) electrons. The summed E-state index contributed by atoms with van der Waals surface area (Å²) in [6, 6.07) is 7.97. The smallest absolute Gasteiger partial charge is 0.137 e. The zero-order chi connectivity index (χ0) is 12.2. The third kappa shape index (κ3) is 2.15. The molecule has 0 saturated heterocycles. The Hall–Kier alpha value is -2.43. The second kappa shape index (κ2) is 4.83. The number of anilines is 1. The predicted octanol–water partition coefficient (Wildman–Crippen LogP) is 2.01. The molecule has 2 heterocycles. The summed E-state index contributed by atoms with van der Waals surface area (Å²) in [7, 11) is 0. The number of imidazole rings is 1. The van der Waals surface area contributed by atoms with E-state index >= 15 is 0 Å². The molecule has 0 fully saturated rings. The minimum absolute atomic E-state index is 0.809. The van der Waals surface area contributed by atoms with Gasteiger partial charge in [-0.05, 0) is 12.1 Å². The molecule has 0 atom stereocenters. The molecule has 2 N–H and O–H groups in total. The molecule has 0 aliphatic heterocycles. The molecule has 3 aromatic rings. The van der Waals surface area contributed by atoms with Crippen LogP contribution >= 0.6 is 0 Å². The van der Waals surface area contributed by atoms with Gasteiger partial charge in [-0.3, -0.25) is 0 Å². The van der Waals surface area contributed by atoms with Crippen molar-refractivity contribution in [1.29, 1.82) is 0 Å². The van der Waals surface area contributed by atoms with Crippen LogP contribution < -0.4 is 5.32 Å². The van der Waals surface area contributed by atoms with E-state index < -0.39 is 0 Å². The molecule has 0 aliphatic carbocycles. The zero-order valence-corrected chi connectivity index (χ0v) is 9.80. The monoisotopic (exact) mass is 239 g/mol. The first-order valence-electron chi connectivity index (χ1n) is 5.84. The largest absolute Gasteiger partial charge is 0.369 e. The molecule has 5 nitrogen and oxygen atoms in total. The van der Waals surface area contributed by atoms with Gasteiger partial charge >= 0.3 is 0 Å². The van der Waals surface area contributed by atoms with Gasteiger partial charge in [0.05, 0.1) is 11.8 Å². The summed E-state index contributed by atoms with van der Waals surface area (Å²) < 4.78 is 0. The summed E-state index contributed by atoms with van der Waals surface area (Å²) >= 11 is 0. The normalized spacial score (nSPS) is 10.7. The van der Waals surface area contributed by atoms with Crippen molar-refractivity contribution >= 4 is 16.7 Å². The zero-order valence-electron chi connectivity index (χ0n) is 9.80. The molecule has 0 bridgehead atoms. The number of para-hydroxylation sites is 1. The number of hydrogen-bond donors (Lipinski definition) is 2. The standard InChI is InChI=1S/C13H13N5/c1-2-4-12-11(3-1)13(18-9-17-12)15-6-5-10-7-14-8-16-10/h1-4,7-9H,5-6H2,(H,14,16)(H,15,17,18). The van der Waals surface area contributed by atoms with Crippen molar-refractivity contribution in [3.8, 4) is 0 Å². The number of H-pyrrole nitrogens is 1. The highest BCUT2D eigenvalue weighted by atomic mass is 15.0. The number of rotatable bonds is 4. The Balaban J connectivity index is 1.74. The van der Waals surface area contributed by atoms with E-state index in [1.165, 1.54) is 0 Å². The van der Waals surface area contributed by atoms with Gasteiger partial charge in [-0.2, -0.15) is 0 Å². The van der Waals surface area contributed by atoms with Gasteiger partial charge in [0.2, 0.25) is 0 Å². The van der Waals surface area contributed by atoms with Gasteiger partial charge in [0.25, 0.3) is 0 Å². The number of benzene rings is 1. The van der Waals surface area contributed by atoms with Crippen LogP contribution in [0.15, 0.2) is 43.1 Å². The summed E-state index contributed by atoms with van der Waals surface area (Å²) in [6.45, 7) is 0.809. The molecule has 0 amide bonds. The van der Waals surface area contributed by atoms with Crippen molar-refractivity contribution < 1.29 is 0 Å². The van der Waals surface area contributed by atoms with E-state index in [9.17, 15) is 0 Å². The fraction of sp³-hybridized carbons (Fsp3) is 0.154. The molecule has 0 aliphatic rings. The number of nitrogens with one attached hydrogen (secondary N) is 2. The molecule has 3 rings (SSSR count). The van der Waals surface area contributed by atoms with Crippen molar-refractivity contribution in [2.24, 2.45) is 0 Å². The van der Waals surface area contributed by atoms with E-state index in [2.05, 4.69) is 25.3 Å². The van der Waals surface area contributed by atoms with Crippen LogP contribution in [0.5, 0.6) is 0 Å². The third-order valence-corrected chi connectivity index (χ3v) is 2.78. The predicted molar refractivity (Wildman–Crippen MR) is 70.3 cm³/mol. The van der Waals surface area contributed by atoms with Crippen molar-refractivity contribution in [3.05, 3.63) is 48.8 Å². The first-order valence-corrected chi connectivity index (χ1v) is 5.84. The molecular formula is C13H13N5. The molecule has 18 heavy (non-hydrogen) atoms. The molecule has 0 unspecified atom stereocenters. The Labute approximate surface area is 104 Å². The van der Waals surface area contributed by atoms with Crippen molar-refractivity contribution in [2.75, 3.05) is 11.9 Å². The lowest BCUT2D eigenvalue weighted by atomic mass is 10.2. The van der Waals surface area contributed by atoms with Gasteiger partial charge in [0.1, 0.15) is 12.1 Å². The van der Waals surface area contributed by atoms with Gasteiger partial charge in [0, 0.05) is 30.2 Å². The first-order chi connectivity index (χ1) is 8.93. The summed E-state index contributed by atoms with van der Waals surface area (Å²) in [5, 5.41) is 4.37. The Bertz CT molecular complexity index is 627. The second-order valence-electron chi connectivity index (χ2n) is 3.99. The lowest BCUT2D eigenvalue weighted by Gasteiger charge is -2.07. The van der Waals surface area contributed by atoms with E-state index in [-0.39, 0.29) is 0 Å².